The smallest absolute Gasteiger partial charge is 0.0897 e. The van der Waals surface area contributed by atoms with Crippen LogP contribution in [-0.4, -0.2) is 23.2 Å². The second kappa shape index (κ2) is 6.47. The highest BCUT2D eigenvalue weighted by Gasteiger charge is 2.34. The number of aryl methyl sites for hydroxylation is 1. The Balaban J connectivity index is 2.74. The van der Waals surface area contributed by atoms with Gasteiger partial charge in [-0.3, -0.25) is 0 Å². The molecule has 2 N–H and O–H groups in total. The maximum Gasteiger partial charge on any atom is 0.0897 e. The van der Waals surface area contributed by atoms with Crippen molar-refractivity contribution < 1.29 is 4.74 Å². The maximum atomic E-state index is 6.34. The van der Waals surface area contributed by atoms with Gasteiger partial charge in [0.1, 0.15) is 0 Å². The van der Waals surface area contributed by atoms with Crippen LogP contribution in [0.1, 0.15) is 44.3 Å². The molecule has 1 rings (SSSR count). The summed E-state index contributed by atoms with van der Waals surface area (Å²) in [5.74, 6) is 0. The molecule has 0 saturated heterocycles. The summed E-state index contributed by atoms with van der Waals surface area (Å²) in [6.45, 7) is 9.05. The number of nitrogens with two attached hydrogens (primary N) is 1. The van der Waals surface area contributed by atoms with Crippen LogP contribution >= 0.6 is 11.3 Å². The molecule has 1 aromatic heterocycles. The third-order valence-electron chi connectivity index (χ3n) is 3.40. The molecule has 0 aliphatic heterocycles. The summed E-state index contributed by atoms with van der Waals surface area (Å²) in [4.78, 5) is 4.48. The van der Waals surface area contributed by atoms with Gasteiger partial charge >= 0.3 is 0 Å². The van der Waals surface area contributed by atoms with E-state index < -0.39 is 0 Å². The number of nitrogens with zero attached hydrogens (tertiary/aromatic N) is 1. The fourth-order valence-electron chi connectivity index (χ4n) is 2.29. The molecule has 0 fully saturated rings. The SMILES string of the molecule is CCOC(CC)(CC)C(N)Cc1csc(C)n1. The van der Waals surface area contributed by atoms with Crippen LogP contribution in [0.2, 0.25) is 0 Å². The fourth-order valence-corrected chi connectivity index (χ4v) is 2.91. The van der Waals surface area contributed by atoms with E-state index in [9.17, 15) is 0 Å². The standard InChI is InChI=1S/C13H24N2OS/c1-5-13(6-2,16-7-3)12(14)8-11-9-17-10(4)15-11/h9,12H,5-8,14H2,1-4H3. The highest BCUT2D eigenvalue weighted by molar-refractivity contribution is 7.09. The molecule has 0 aliphatic carbocycles. The lowest BCUT2D eigenvalue weighted by Gasteiger charge is -2.37. The van der Waals surface area contributed by atoms with Crippen molar-refractivity contribution in [2.75, 3.05) is 6.61 Å². The molecule has 0 spiro atoms. The highest BCUT2D eigenvalue weighted by atomic mass is 32.1. The Morgan fingerprint density at radius 2 is 2.06 bits per heavy atom. The highest BCUT2D eigenvalue weighted by Crippen LogP contribution is 2.26. The molecule has 0 amide bonds. The van der Waals surface area contributed by atoms with Crippen molar-refractivity contribution >= 4 is 11.3 Å². The van der Waals surface area contributed by atoms with Crippen LogP contribution in [0.4, 0.5) is 0 Å². The van der Waals surface area contributed by atoms with Crippen molar-refractivity contribution in [2.24, 2.45) is 5.73 Å². The minimum atomic E-state index is -0.202. The van der Waals surface area contributed by atoms with Gasteiger partial charge in [-0.1, -0.05) is 13.8 Å². The first-order valence-electron chi connectivity index (χ1n) is 6.38. The van der Waals surface area contributed by atoms with Crippen LogP contribution in [0.25, 0.3) is 0 Å². The molecule has 1 unspecified atom stereocenters. The Bertz CT molecular complexity index is 334. The zero-order chi connectivity index (χ0) is 12.9. The Kier molecular flexibility index (Phi) is 5.56. The molecule has 1 atom stereocenters. The normalized spacial score (nSPS) is 13.9. The summed E-state index contributed by atoms with van der Waals surface area (Å²) in [7, 11) is 0. The van der Waals surface area contributed by atoms with E-state index >= 15 is 0 Å². The topological polar surface area (TPSA) is 48.1 Å². The average Bonchev–Trinajstić information content (AvgIpc) is 2.71. The molecule has 0 aromatic carbocycles. The number of thiazole rings is 1. The summed E-state index contributed by atoms with van der Waals surface area (Å²) < 4.78 is 5.92. The summed E-state index contributed by atoms with van der Waals surface area (Å²) in [5, 5.41) is 3.19. The van der Waals surface area contributed by atoms with E-state index in [2.05, 4.69) is 24.2 Å². The summed E-state index contributed by atoms with van der Waals surface area (Å²) in [6, 6.07) is 0.0129. The van der Waals surface area contributed by atoms with E-state index in [1.54, 1.807) is 11.3 Å². The number of hydrogen-bond donors (Lipinski definition) is 1. The average molecular weight is 256 g/mol. The van der Waals surface area contributed by atoms with Crippen molar-refractivity contribution in [3.8, 4) is 0 Å². The van der Waals surface area contributed by atoms with Crippen molar-refractivity contribution in [1.82, 2.24) is 4.98 Å². The van der Waals surface area contributed by atoms with Crippen LogP contribution < -0.4 is 5.73 Å². The number of ether oxygens (including phenoxy) is 1. The lowest BCUT2D eigenvalue weighted by atomic mass is 9.86. The van der Waals surface area contributed by atoms with Gasteiger partial charge in [-0.15, -0.1) is 11.3 Å². The third kappa shape index (κ3) is 3.50. The molecule has 1 heterocycles. The first-order chi connectivity index (χ1) is 8.07. The number of aromatic nitrogens is 1. The van der Waals surface area contributed by atoms with Crippen LogP contribution in [0, 0.1) is 6.92 Å². The van der Waals surface area contributed by atoms with E-state index in [1.807, 2.05) is 13.8 Å². The second-order valence-electron chi connectivity index (χ2n) is 4.37. The van der Waals surface area contributed by atoms with E-state index in [-0.39, 0.29) is 11.6 Å². The van der Waals surface area contributed by atoms with E-state index in [0.717, 1.165) is 30.0 Å². The first kappa shape index (κ1) is 14.6. The summed E-state index contributed by atoms with van der Waals surface area (Å²) >= 11 is 1.68. The van der Waals surface area contributed by atoms with Crippen molar-refractivity contribution in [1.29, 1.82) is 0 Å². The zero-order valence-electron chi connectivity index (χ0n) is 11.3. The Hall–Kier alpha value is -0.450. The molecule has 0 bridgehead atoms. The van der Waals surface area contributed by atoms with Crippen molar-refractivity contribution in [3.05, 3.63) is 16.1 Å². The van der Waals surface area contributed by atoms with Gasteiger partial charge in [-0.25, -0.2) is 4.98 Å². The molecule has 1 aromatic rings. The fraction of sp³-hybridized carbons (Fsp3) is 0.769. The summed E-state index contributed by atoms with van der Waals surface area (Å²) in [5.41, 5.74) is 7.23. The molecular weight excluding hydrogens is 232 g/mol. The maximum absolute atomic E-state index is 6.34. The van der Waals surface area contributed by atoms with Crippen LogP contribution in [0.15, 0.2) is 5.38 Å². The molecule has 98 valence electrons. The monoisotopic (exact) mass is 256 g/mol. The van der Waals surface area contributed by atoms with E-state index in [1.165, 1.54) is 0 Å². The Morgan fingerprint density at radius 3 is 2.47 bits per heavy atom. The van der Waals surface area contributed by atoms with E-state index in [0.29, 0.717) is 6.61 Å². The van der Waals surface area contributed by atoms with Gasteiger partial charge < -0.3 is 10.5 Å². The first-order valence-corrected chi connectivity index (χ1v) is 7.26. The zero-order valence-corrected chi connectivity index (χ0v) is 12.1. The van der Waals surface area contributed by atoms with Crippen molar-refractivity contribution in [3.63, 3.8) is 0 Å². The summed E-state index contributed by atoms with van der Waals surface area (Å²) in [6.07, 6.45) is 2.69. The van der Waals surface area contributed by atoms with Crippen LogP contribution in [0.3, 0.4) is 0 Å². The third-order valence-corrected chi connectivity index (χ3v) is 4.22. The quantitative estimate of drug-likeness (QED) is 0.816. The predicted molar refractivity (Wildman–Crippen MR) is 73.5 cm³/mol. The van der Waals surface area contributed by atoms with Gasteiger partial charge in [0, 0.05) is 24.4 Å². The van der Waals surface area contributed by atoms with E-state index in [4.69, 9.17) is 10.5 Å². The molecule has 0 aliphatic rings. The Morgan fingerprint density at radius 1 is 1.41 bits per heavy atom. The predicted octanol–water partition coefficient (Wildman–Crippen LogP) is 2.92. The van der Waals surface area contributed by atoms with Gasteiger partial charge in [-0.05, 0) is 26.7 Å². The molecule has 0 radical (unpaired) electrons. The Labute approximate surface area is 108 Å². The minimum absolute atomic E-state index is 0.0129. The molecule has 0 saturated carbocycles. The lowest BCUT2D eigenvalue weighted by Crippen LogP contribution is -2.50. The largest absolute Gasteiger partial charge is 0.374 e. The van der Waals surface area contributed by atoms with Gasteiger partial charge in [0.25, 0.3) is 0 Å². The minimum Gasteiger partial charge on any atom is -0.374 e. The van der Waals surface area contributed by atoms with Crippen molar-refractivity contribution in [2.45, 2.75) is 58.6 Å². The van der Waals surface area contributed by atoms with Gasteiger partial charge in [0.15, 0.2) is 0 Å². The molecule has 3 nitrogen and oxygen atoms in total. The van der Waals surface area contributed by atoms with Crippen LogP contribution in [0.5, 0.6) is 0 Å². The van der Waals surface area contributed by atoms with Crippen LogP contribution in [-0.2, 0) is 11.2 Å². The van der Waals surface area contributed by atoms with Gasteiger partial charge in [0.05, 0.1) is 16.3 Å². The van der Waals surface area contributed by atoms with Gasteiger partial charge in [-0.2, -0.15) is 0 Å². The molecular formula is C13H24N2OS. The molecule has 17 heavy (non-hydrogen) atoms. The number of hydrogen-bond acceptors (Lipinski definition) is 4. The number of rotatable bonds is 7. The molecule has 4 heteroatoms. The lowest BCUT2D eigenvalue weighted by molar-refractivity contribution is -0.0634. The second-order valence-corrected chi connectivity index (χ2v) is 5.44. The van der Waals surface area contributed by atoms with Gasteiger partial charge in [0.2, 0.25) is 0 Å².